The van der Waals surface area contributed by atoms with E-state index in [0.29, 0.717) is 24.6 Å². The molecule has 3 rings (SSSR count). The Hall–Kier alpha value is -2.44. The number of hydrogen-bond acceptors (Lipinski definition) is 4. The van der Waals surface area contributed by atoms with E-state index in [9.17, 15) is 9.59 Å². The van der Waals surface area contributed by atoms with E-state index < -0.39 is 0 Å². The van der Waals surface area contributed by atoms with Gasteiger partial charge in [0.25, 0.3) is 5.91 Å². The van der Waals surface area contributed by atoms with Gasteiger partial charge in [0.05, 0.1) is 11.8 Å². The van der Waals surface area contributed by atoms with Crippen LogP contribution >= 0.6 is 0 Å². The fourth-order valence-electron chi connectivity index (χ4n) is 3.38. The predicted molar refractivity (Wildman–Crippen MR) is 99.9 cm³/mol. The molecule has 0 aliphatic heterocycles. The molecule has 0 spiro atoms. The number of hydrogen-bond donors (Lipinski definition) is 2. The predicted octanol–water partition coefficient (Wildman–Crippen LogP) is 2.58. The van der Waals surface area contributed by atoms with E-state index in [4.69, 9.17) is 0 Å². The minimum Gasteiger partial charge on any atom is -0.353 e. The van der Waals surface area contributed by atoms with Gasteiger partial charge in [-0.3, -0.25) is 9.59 Å². The van der Waals surface area contributed by atoms with Gasteiger partial charge in [0.15, 0.2) is 5.65 Å². The number of nitrogens with zero attached hydrogens (tertiary/aromatic N) is 3. The maximum Gasteiger partial charge on any atom is 0.252 e. The lowest BCUT2D eigenvalue weighted by Crippen LogP contribution is -2.38. The Labute approximate surface area is 153 Å². The van der Waals surface area contributed by atoms with Gasteiger partial charge < -0.3 is 10.6 Å². The highest BCUT2D eigenvalue weighted by atomic mass is 16.2. The Morgan fingerprint density at radius 1 is 1.23 bits per heavy atom. The van der Waals surface area contributed by atoms with Crippen molar-refractivity contribution < 1.29 is 9.59 Å². The van der Waals surface area contributed by atoms with Crippen molar-refractivity contribution in [2.75, 3.05) is 6.54 Å². The lowest BCUT2D eigenvalue weighted by atomic mass is 9.95. The summed E-state index contributed by atoms with van der Waals surface area (Å²) in [6.45, 7) is 4.39. The standard InChI is InChI=1S/C19H27N5O2/c1-13(2)24-18-14(12-22-24)10-15(11-21-18)19(26)20-9-8-17(25)23-16-6-4-3-5-7-16/h10-13,16H,3-9H2,1-2H3,(H,20,26)(H,23,25). The smallest absolute Gasteiger partial charge is 0.252 e. The van der Waals surface area contributed by atoms with E-state index in [0.717, 1.165) is 23.9 Å². The molecule has 0 radical (unpaired) electrons. The van der Waals surface area contributed by atoms with Crippen molar-refractivity contribution in [2.24, 2.45) is 0 Å². The van der Waals surface area contributed by atoms with Crippen LogP contribution in [-0.4, -0.2) is 39.2 Å². The van der Waals surface area contributed by atoms with Crippen LogP contribution in [0.4, 0.5) is 0 Å². The molecule has 26 heavy (non-hydrogen) atoms. The summed E-state index contributed by atoms with van der Waals surface area (Å²) in [5, 5.41) is 11.0. The largest absolute Gasteiger partial charge is 0.353 e. The minimum atomic E-state index is -0.220. The van der Waals surface area contributed by atoms with Crippen molar-refractivity contribution in [3.8, 4) is 0 Å². The number of aromatic nitrogens is 3. The molecule has 2 heterocycles. The lowest BCUT2D eigenvalue weighted by Gasteiger charge is -2.22. The van der Waals surface area contributed by atoms with Crippen molar-refractivity contribution in [3.63, 3.8) is 0 Å². The molecular weight excluding hydrogens is 330 g/mol. The molecule has 2 aromatic rings. The van der Waals surface area contributed by atoms with E-state index in [1.807, 2.05) is 18.5 Å². The summed E-state index contributed by atoms with van der Waals surface area (Å²) in [5.41, 5.74) is 1.25. The molecule has 0 aromatic carbocycles. The van der Waals surface area contributed by atoms with Gasteiger partial charge in [-0.25, -0.2) is 9.67 Å². The first-order valence-electron chi connectivity index (χ1n) is 9.45. The quantitative estimate of drug-likeness (QED) is 0.831. The van der Waals surface area contributed by atoms with Gasteiger partial charge in [0.1, 0.15) is 0 Å². The first-order valence-corrected chi connectivity index (χ1v) is 9.45. The average Bonchev–Trinajstić information content (AvgIpc) is 3.06. The van der Waals surface area contributed by atoms with Crippen molar-refractivity contribution in [1.82, 2.24) is 25.4 Å². The zero-order valence-corrected chi connectivity index (χ0v) is 15.5. The molecule has 140 valence electrons. The third-order valence-electron chi connectivity index (χ3n) is 4.79. The van der Waals surface area contributed by atoms with Crippen LogP contribution in [0, 0.1) is 0 Å². The van der Waals surface area contributed by atoms with Crippen LogP contribution in [-0.2, 0) is 4.79 Å². The second kappa shape index (κ2) is 8.29. The number of carbonyl (C=O) groups is 2. The van der Waals surface area contributed by atoms with Gasteiger partial charge in [0.2, 0.25) is 5.91 Å². The molecule has 2 amide bonds. The minimum absolute atomic E-state index is 0.00369. The Morgan fingerprint density at radius 3 is 2.73 bits per heavy atom. The van der Waals surface area contributed by atoms with Crippen molar-refractivity contribution >= 4 is 22.8 Å². The van der Waals surface area contributed by atoms with Crippen LogP contribution in [0.15, 0.2) is 18.5 Å². The van der Waals surface area contributed by atoms with Crippen molar-refractivity contribution in [3.05, 3.63) is 24.0 Å². The molecule has 2 aromatic heterocycles. The fraction of sp³-hybridized carbons (Fsp3) is 0.579. The molecule has 0 atom stereocenters. The molecule has 1 fully saturated rings. The van der Waals surface area contributed by atoms with E-state index in [1.54, 1.807) is 18.5 Å². The topological polar surface area (TPSA) is 88.9 Å². The average molecular weight is 357 g/mol. The van der Waals surface area contributed by atoms with Crippen molar-refractivity contribution in [1.29, 1.82) is 0 Å². The van der Waals surface area contributed by atoms with Gasteiger partial charge in [-0.2, -0.15) is 5.10 Å². The molecule has 1 saturated carbocycles. The first-order chi connectivity index (χ1) is 12.5. The number of fused-ring (bicyclic) bond motifs is 1. The monoisotopic (exact) mass is 357 g/mol. The Morgan fingerprint density at radius 2 is 2.00 bits per heavy atom. The number of pyridine rings is 1. The van der Waals surface area contributed by atoms with Crippen LogP contribution in [0.3, 0.4) is 0 Å². The molecule has 7 heteroatoms. The summed E-state index contributed by atoms with van der Waals surface area (Å²) >= 11 is 0. The molecule has 0 bridgehead atoms. The highest BCUT2D eigenvalue weighted by Gasteiger charge is 2.16. The summed E-state index contributed by atoms with van der Waals surface area (Å²) in [6.07, 6.45) is 9.33. The lowest BCUT2D eigenvalue weighted by molar-refractivity contribution is -0.121. The van der Waals surface area contributed by atoms with Gasteiger partial charge >= 0.3 is 0 Å². The summed E-state index contributed by atoms with van der Waals surface area (Å²) in [5.74, 6) is -0.217. The zero-order valence-electron chi connectivity index (χ0n) is 15.5. The zero-order chi connectivity index (χ0) is 18.5. The number of amides is 2. The Bertz CT molecular complexity index is 777. The molecule has 1 aliphatic rings. The first kappa shape index (κ1) is 18.4. The van der Waals surface area contributed by atoms with Crippen LogP contribution in [0.5, 0.6) is 0 Å². The van der Waals surface area contributed by atoms with E-state index in [-0.39, 0.29) is 17.9 Å². The summed E-state index contributed by atoms with van der Waals surface area (Å²) in [6, 6.07) is 2.30. The maximum atomic E-state index is 12.3. The number of nitrogens with one attached hydrogen (secondary N) is 2. The number of carbonyl (C=O) groups excluding carboxylic acids is 2. The Kier molecular flexibility index (Phi) is 5.85. The van der Waals surface area contributed by atoms with E-state index >= 15 is 0 Å². The van der Waals surface area contributed by atoms with Crippen LogP contribution in [0.2, 0.25) is 0 Å². The molecular formula is C19H27N5O2. The van der Waals surface area contributed by atoms with Crippen LogP contribution in [0.25, 0.3) is 11.0 Å². The third-order valence-corrected chi connectivity index (χ3v) is 4.79. The summed E-state index contributed by atoms with van der Waals surface area (Å²) in [4.78, 5) is 28.6. The second-order valence-electron chi connectivity index (χ2n) is 7.23. The van der Waals surface area contributed by atoms with Gasteiger partial charge in [0, 0.05) is 36.6 Å². The Balaban J connectivity index is 1.50. The van der Waals surface area contributed by atoms with E-state index in [2.05, 4.69) is 20.7 Å². The van der Waals surface area contributed by atoms with Gasteiger partial charge in [-0.1, -0.05) is 19.3 Å². The number of rotatable bonds is 6. The highest BCUT2D eigenvalue weighted by Crippen LogP contribution is 2.18. The molecule has 1 aliphatic carbocycles. The molecule has 7 nitrogen and oxygen atoms in total. The van der Waals surface area contributed by atoms with Crippen molar-refractivity contribution in [2.45, 2.75) is 64.5 Å². The molecule has 0 saturated heterocycles. The van der Waals surface area contributed by atoms with Gasteiger partial charge in [-0.15, -0.1) is 0 Å². The summed E-state index contributed by atoms with van der Waals surface area (Å²) < 4.78 is 1.83. The highest BCUT2D eigenvalue weighted by molar-refractivity contribution is 5.97. The normalized spacial score (nSPS) is 15.3. The SMILES string of the molecule is CC(C)n1ncc2cc(C(=O)NCCC(=O)NC3CCCCC3)cnc21. The van der Waals surface area contributed by atoms with Crippen LogP contribution < -0.4 is 10.6 Å². The fourth-order valence-corrected chi connectivity index (χ4v) is 3.38. The molecule has 2 N–H and O–H groups in total. The van der Waals surface area contributed by atoms with Gasteiger partial charge in [-0.05, 0) is 32.8 Å². The summed E-state index contributed by atoms with van der Waals surface area (Å²) in [7, 11) is 0. The molecule has 0 unspecified atom stereocenters. The van der Waals surface area contributed by atoms with Crippen LogP contribution in [0.1, 0.15) is 68.8 Å². The maximum absolute atomic E-state index is 12.3. The second-order valence-corrected chi connectivity index (χ2v) is 7.23. The van der Waals surface area contributed by atoms with E-state index in [1.165, 1.54) is 19.3 Å². The third kappa shape index (κ3) is 4.39.